The number of aliphatic hydroxyl groups excluding tert-OH is 1. The van der Waals surface area contributed by atoms with E-state index in [2.05, 4.69) is 5.32 Å². The fraction of sp³-hybridized carbons (Fsp3) is 0.583. The standard InChI is InChI=1S/C12H19NO3S/c1-10(11-4-2-9-17-11)12(15)13-5-3-7-16-8-6-14/h2,4,9-10,14H,3,5-8H2,1H3,(H,13,15). The van der Waals surface area contributed by atoms with Crippen LogP contribution >= 0.6 is 11.3 Å². The van der Waals surface area contributed by atoms with Gasteiger partial charge < -0.3 is 15.2 Å². The van der Waals surface area contributed by atoms with E-state index < -0.39 is 0 Å². The highest BCUT2D eigenvalue weighted by Crippen LogP contribution is 2.20. The zero-order chi connectivity index (χ0) is 12.5. The molecule has 1 aromatic heterocycles. The van der Waals surface area contributed by atoms with Crippen molar-refractivity contribution in [3.8, 4) is 0 Å². The second-order valence-electron chi connectivity index (χ2n) is 3.72. The van der Waals surface area contributed by atoms with Crippen molar-refractivity contribution < 1.29 is 14.6 Å². The van der Waals surface area contributed by atoms with Gasteiger partial charge in [0.2, 0.25) is 5.91 Å². The summed E-state index contributed by atoms with van der Waals surface area (Å²) in [5, 5.41) is 13.3. The molecular formula is C12H19NO3S. The molecule has 1 amide bonds. The van der Waals surface area contributed by atoms with Crippen LogP contribution in [0, 0.1) is 0 Å². The molecule has 4 nitrogen and oxygen atoms in total. The molecule has 1 aromatic rings. The maximum atomic E-state index is 11.7. The summed E-state index contributed by atoms with van der Waals surface area (Å²) < 4.78 is 5.10. The van der Waals surface area contributed by atoms with E-state index in [-0.39, 0.29) is 18.4 Å². The molecule has 0 fully saturated rings. The van der Waals surface area contributed by atoms with E-state index in [9.17, 15) is 4.79 Å². The topological polar surface area (TPSA) is 58.6 Å². The lowest BCUT2D eigenvalue weighted by Crippen LogP contribution is -2.29. The van der Waals surface area contributed by atoms with Crippen LogP contribution in [0.4, 0.5) is 0 Å². The van der Waals surface area contributed by atoms with Gasteiger partial charge in [0.1, 0.15) is 0 Å². The number of carbonyl (C=O) groups excluding carboxylic acids is 1. The molecule has 0 aliphatic rings. The third kappa shape index (κ3) is 5.30. The van der Waals surface area contributed by atoms with Crippen LogP contribution in [-0.4, -0.2) is 37.4 Å². The Hall–Kier alpha value is -0.910. The number of ether oxygens (including phenoxy) is 1. The van der Waals surface area contributed by atoms with Gasteiger partial charge in [-0.15, -0.1) is 11.3 Å². The van der Waals surface area contributed by atoms with Crippen molar-refractivity contribution in [2.75, 3.05) is 26.4 Å². The molecule has 17 heavy (non-hydrogen) atoms. The molecule has 0 spiro atoms. The van der Waals surface area contributed by atoms with Crippen LogP contribution in [-0.2, 0) is 9.53 Å². The molecule has 0 aliphatic carbocycles. The van der Waals surface area contributed by atoms with Gasteiger partial charge in [-0.25, -0.2) is 0 Å². The lowest BCUT2D eigenvalue weighted by Gasteiger charge is -2.10. The summed E-state index contributed by atoms with van der Waals surface area (Å²) in [6.07, 6.45) is 0.767. The van der Waals surface area contributed by atoms with Gasteiger partial charge in [0.05, 0.1) is 19.1 Å². The number of nitrogens with one attached hydrogen (secondary N) is 1. The first-order valence-electron chi connectivity index (χ1n) is 5.75. The molecule has 1 atom stereocenters. The van der Waals surface area contributed by atoms with Crippen molar-refractivity contribution in [3.05, 3.63) is 22.4 Å². The Bertz CT molecular complexity index is 314. The Morgan fingerprint density at radius 2 is 2.41 bits per heavy atom. The molecule has 0 aromatic carbocycles. The van der Waals surface area contributed by atoms with E-state index in [1.165, 1.54) is 0 Å². The highest BCUT2D eigenvalue weighted by Gasteiger charge is 2.14. The van der Waals surface area contributed by atoms with Gasteiger partial charge >= 0.3 is 0 Å². The quantitative estimate of drug-likeness (QED) is 0.691. The van der Waals surface area contributed by atoms with Crippen LogP contribution in [0.1, 0.15) is 24.1 Å². The Balaban J connectivity index is 2.13. The van der Waals surface area contributed by atoms with Crippen LogP contribution in [0.2, 0.25) is 0 Å². The monoisotopic (exact) mass is 257 g/mol. The minimum absolute atomic E-state index is 0.0434. The Kier molecular flexibility index (Phi) is 6.84. The van der Waals surface area contributed by atoms with E-state index in [1.807, 2.05) is 24.4 Å². The van der Waals surface area contributed by atoms with Crippen LogP contribution in [0.15, 0.2) is 17.5 Å². The number of amides is 1. The second-order valence-corrected chi connectivity index (χ2v) is 4.70. The Morgan fingerprint density at radius 1 is 1.59 bits per heavy atom. The maximum Gasteiger partial charge on any atom is 0.228 e. The van der Waals surface area contributed by atoms with Crippen molar-refractivity contribution in [3.63, 3.8) is 0 Å². The summed E-state index contributed by atoms with van der Waals surface area (Å²) in [5.41, 5.74) is 0. The van der Waals surface area contributed by atoms with Gasteiger partial charge in [0.15, 0.2) is 0 Å². The lowest BCUT2D eigenvalue weighted by molar-refractivity contribution is -0.122. The molecule has 0 radical (unpaired) electrons. The van der Waals surface area contributed by atoms with Gasteiger partial charge in [-0.1, -0.05) is 6.07 Å². The highest BCUT2D eigenvalue weighted by atomic mass is 32.1. The van der Waals surface area contributed by atoms with E-state index in [4.69, 9.17) is 9.84 Å². The van der Waals surface area contributed by atoms with Crippen molar-refractivity contribution in [2.45, 2.75) is 19.3 Å². The van der Waals surface area contributed by atoms with Gasteiger partial charge in [-0.3, -0.25) is 4.79 Å². The van der Waals surface area contributed by atoms with Gasteiger partial charge in [0, 0.05) is 18.0 Å². The van der Waals surface area contributed by atoms with E-state index in [1.54, 1.807) is 11.3 Å². The first-order valence-corrected chi connectivity index (χ1v) is 6.63. The van der Waals surface area contributed by atoms with Crippen LogP contribution in [0.25, 0.3) is 0 Å². The predicted molar refractivity (Wildman–Crippen MR) is 68.3 cm³/mol. The normalized spacial score (nSPS) is 12.4. The van der Waals surface area contributed by atoms with E-state index >= 15 is 0 Å². The summed E-state index contributed by atoms with van der Waals surface area (Å²) in [4.78, 5) is 12.8. The van der Waals surface area contributed by atoms with Crippen LogP contribution in [0.5, 0.6) is 0 Å². The molecular weight excluding hydrogens is 238 g/mol. The number of aliphatic hydroxyl groups is 1. The zero-order valence-electron chi connectivity index (χ0n) is 10.0. The number of rotatable bonds is 8. The Morgan fingerprint density at radius 3 is 3.06 bits per heavy atom. The molecule has 1 unspecified atom stereocenters. The second kappa shape index (κ2) is 8.22. The SMILES string of the molecule is CC(C(=O)NCCCOCCO)c1cccs1. The molecule has 96 valence electrons. The average molecular weight is 257 g/mol. The zero-order valence-corrected chi connectivity index (χ0v) is 10.8. The van der Waals surface area contributed by atoms with Crippen LogP contribution < -0.4 is 5.32 Å². The fourth-order valence-corrected chi connectivity index (χ4v) is 2.15. The summed E-state index contributed by atoms with van der Waals surface area (Å²) in [7, 11) is 0. The predicted octanol–water partition coefficient (Wildman–Crippen LogP) is 1.37. The van der Waals surface area contributed by atoms with Crippen molar-refractivity contribution >= 4 is 17.2 Å². The summed E-state index contributed by atoms with van der Waals surface area (Å²) in [5.74, 6) is -0.0389. The number of carbonyl (C=O) groups is 1. The third-order valence-corrected chi connectivity index (χ3v) is 3.42. The van der Waals surface area contributed by atoms with Crippen molar-refractivity contribution in [1.29, 1.82) is 0 Å². The van der Waals surface area contributed by atoms with Gasteiger partial charge in [-0.2, -0.15) is 0 Å². The largest absolute Gasteiger partial charge is 0.394 e. The van der Waals surface area contributed by atoms with Crippen molar-refractivity contribution in [2.24, 2.45) is 0 Å². The highest BCUT2D eigenvalue weighted by molar-refractivity contribution is 7.10. The minimum atomic E-state index is -0.0895. The van der Waals surface area contributed by atoms with E-state index in [0.717, 1.165) is 11.3 Å². The molecule has 0 saturated heterocycles. The summed E-state index contributed by atoms with van der Waals surface area (Å²) in [6.45, 7) is 3.49. The van der Waals surface area contributed by atoms with Crippen molar-refractivity contribution in [1.82, 2.24) is 5.32 Å². The maximum absolute atomic E-state index is 11.7. The number of hydrogen-bond acceptors (Lipinski definition) is 4. The molecule has 0 aliphatic heterocycles. The molecule has 0 bridgehead atoms. The first kappa shape index (κ1) is 14.2. The molecule has 0 saturated carbocycles. The van der Waals surface area contributed by atoms with Gasteiger partial charge in [-0.05, 0) is 24.8 Å². The molecule has 2 N–H and O–H groups in total. The average Bonchev–Trinajstić information content (AvgIpc) is 2.86. The third-order valence-electron chi connectivity index (χ3n) is 2.36. The van der Waals surface area contributed by atoms with Crippen LogP contribution in [0.3, 0.4) is 0 Å². The van der Waals surface area contributed by atoms with E-state index in [0.29, 0.717) is 19.8 Å². The summed E-state index contributed by atoms with van der Waals surface area (Å²) >= 11 is 1.60. The Labute approximate surface area is 106 Å². The lowest BCUT2D eigenvalue weighted by atomic mass is 10.1. The fourth-order valence-electron chi connectivity index (χ4n) is 1.37. The number of hydrogen-bond donors (Lipinski definition) is 2. The molecule has 1 rings (SSSR count). The smallest absolute Gasteiger partial charge is 0.228 e. The number of thiophene rings is 1. The molecule has 5 heteroatoms. The van der Waals surface area contributed by atoms with Gasteiger partial charge in [0.25, 0.3) is 0 Å². The first-order chi connectivity index (χ1) is 8.25. The molecule has 1 heterocycles. The summed E-state index contributed by atoms with van der Waals surface area (Å²) in [6, 6.07) is 3.92. The minimum Gasteiger partial charge on any atom is -0.394 e.